The van der Waals surface area contributed by atoms with Crippen molar-refractivity contribution in [3.8, 4) is 0 Å². The summed E-state index contributed by atoms with van der Waals surface area (Å²) in [4.78, 5) is 23.9. The molecule has 0 unspecified atom stereocenters. The normalized spacial score (nSPS) is 20.2. The lowest BCUT2D eigenvalue weighted by Crippen LogP contribution is -2.38. The summed E-state index contributed by atoms with van der Waals surface area (Å²) in [7, 11) is 0. The van der Waals surface area contributed by atoms with Crippen molar-refractivity contribution in [2.45, 2.75) is 38.6 Å². The van der Waals surface area contributed by atoms with Crippen molar-refractivity contribution >= 4 is 11.9 Å². The molecule has 0 spiro atoms. The summed E-state index contributed by atoms with van der Waals surface area (Å²) in [6.45, 7) is 2.09. The Bertz CT molecular complexity index is 458. The third-order valence-electron chi connectivity index (χ3n) is 3.71. The average Bonchev–Trinajstić information content (AvgIpc) is 2.47. The fourth-order valence-electron chi connectivity index (χ4n) is 2.74. The highest BCUT2D eigenvalue weighted by atomic mass is 16.5. The molecule has 0 aromatic heterocycles. The molecule has 108 valence electrons. The van der Waals surface area contributed by atoms with E-state index in [0.717, 1.165) is 24.8 Å². The molecular formula is C16H21NO3. The minimum absolute atomic E-state index is 0.143. The molecule has 1 N–H and O–H groups in total. The minimum Gasteiger partial charge on any atom is -0.450 e. The lowest BCUT2D eigenvalue weighted by atomic mass is 9.80. The molecule has 1 aromatic carbocycles. The molecule has 20 heavy (non-hydrogen) atoms. The Morgan fingerprint density at radius 1 is 1.35 bits per heavy atom. The third kappa shape index (κ3) is 3.59. The number of hydrogen-bond donors (Lipinski definition) is 1. The summed E-state index contributed by atoms with van der Waals surface area (Å²) in [5, 5.41) is 2.85. The lowest BCUT2D eigenvalue weighted by Gasteiger charge is -2.29. The maximum Gasteiger partial charge on any atom is 0.407 e. The van der Waals surface area contributed by atoms with Gasteiger partial charge < -0.3 is 10.1 Å². The standard InChI is InChI=1S/C16H21NO3/c1-2-20-16(19)17-15(12-8-4-3-5-9-12)13-10-6-7-11-14(13)18/h3-5,8-9,13,15H,2,6-7,10-11H2,1H3,(H,17,19)/t13-,15+/m1/s1. The van der Waals surface area contributed by atoms with Crippen molar-refractivity contribution in [1.29, 1.82) is 0 Å². The Labute approximate surface area is 119 Å². The lowest BCUT2D eigenvalue weighted by molar-refractivity contribution is -0.125. The fourth-order valence-corrected chi connectivity index (χ4v) is 2.74. The molecule has 0 aliphatic heterocycles. The van der Waals surface area contributed by atoms with Gasteiger partial charge in [0, 0.05) is 12.3 Å². The molecule has 2 rings (SSSR count). The quantitative estimate of drug-likeness (QED) is 0.917. The summed E-state index contributed by atoms with van der Waals surface area (Å²) in [6.07, 6.45) is 2.96. The highest BCUT2D eigenvalue weighted by Gasteiger charge is 2.32. The van der Waals surface area contributed by atoms with Crippen LogP contribution in [0, 0.1) is 5.92 Å². The van der Waals surface area contributed by atoms with E-state index in [1.54, 1.807) is 6.92 Å². The predicted octanol–water partition coefficient (Wildman–Crippen LogP) is 3.23. The van der Waals surface area contributed by atoms with Gasteiger partial charge in [0.15, 0.2) is 0 Å². The van der Waals surface area contributed by atoms with Crippen LogP contribution in [-0.2, 0) is 9.53 Å². The molecule has 0 saturated heterocycles. The van der Waals surface area contributed by atoms with Crippen molar-refractivity contribution in [3.63, 3.8) is 0 Å². The maximum atomic E-state index is 12.2. The van der Waals surface area contributed by atoms with Crippen molar-refractivity contribution in [1.82, 2.24) is 5.32 Å². The van der Waals surface area contributed by atoms with Crippen molar-refractivity contribution in [3.05, 3.63) is 35.9 Å². The zero-order valence-electron chi connectivity index (χ0n) is 11.8. The topological polar surface area (TPSA) is 55.4 Å². The highest BCUT2D eigenvalue weighted by molar-refractivity contribution is 5.83. The van der Waals surface area contributed by atoms with E-state index >= 15 is 0 Å². The molecule has 1 saturated carbocycles. The molecule has 4 nitrogen and oxygen atoms in total. The Kier molecular flexibility index (Phi) is 5.16. The summed E-state index contributed by atoms with van der Waals surface area (Å²) in [5.74, 6) is 0.0949. The molecule has 1 aliphatic carbocycles. The zero-order valence-corrected chi connectivity index (χ0v) is 11.8. The van der Waals surface area contributed by atoms with Crippen molar-refractivity contribution in [2.24, 2.45) is 5.92 Å². The number of rotatable bonds is 4. The highest BCUT2D eigenvalue weighted by Crippen LogP contribution is 2.32. The predicted molar refractivity (Wildman–Crippen MR) is 76.3 cm³/mol. The van der Waals surface area contributed by atoms with Gasteiger partial charge in [0.05, 0.1) is 12.6 Å². The van der Waals surface area contributed by atoms with Crippen LogP contribution in [-0.4, -0.2) is 18.5 Å². The smallest absolute Gasteiger partial charge is 0.407 e. The van der Waals surface area contributed by atoms with Crippen LogP contribution < -0.4 is 5.32 Å². The van der Waals surface area contributed by atoms with Gasteiger partial charge in [-0.15, -0.1) is 0 Å². The van der Waals surface area contributed by atoms with Gasteiger partial charge in [-0.1, -0.05) is 36.8 Å². The van der Waals surface area contributed by atoms with Crippen molar-refractivity contribution < 1.29 is 14.3 Å². The first kappa shape index (κ1) is 14.6. The van der Waals surface area contributed by atoms with Gasteiger partial charge in [0.1, 0.15) is 5.78 Å². The van der Waals surface area contributed by atoms with Crippen LogP contribution in [0.1, 0.15) is 44.2 Å². The molecule has 1 amide bonds. The van der Waals surface area contributed by atoms with E-state index in [1.807, 2.05) is 30.3 Å². The number of Topliss-reactive ketones (excluding diaryl/α,β-unsaturated/α-hetero) is 1. The van der Waals surface area contributed by atoms with Gasteiger partial charge in [-0.25, -0.2) is 4.79 Å². The summed E-state index contributed by atoms with van der Waals surface area (Å²) < 4.78 is 4.96. The van der Waals surface area contributed by atoms with E-state index in [9.17, 15) is 9.59 Å². The summed E-state index contributed by atoms with van der Waals surface area (Å²) in [6, 6.07) is 9.36. The number of ether oxygens (including phenoxy) is 1. The molecule has 2 atom stereocenters. The minimum atomic E-state index is -0.459. The van der Waals surface area contributed by atoms with Gasteiger partial charge in [0.2, 0.25) is 0 Å². The number of alkyl carbamates (subject to hydrolysis) is 1. The van der Waals surface area contributed by atoms with E-state index in [4.69, 9.17) is 4.74 Å². The number of benzene rings is 1. The maximum absolute atomic E-state index is 12.2. The zero-order chi connectivity index (χ0) is 14.4. The van der Waals surface area contributed by atoms with Crippen LogP contribution >= 0.6 is 0 Å². The van der Waals surface area contributed by atoms with E-state index in [-0.39, 0.29) is 17.7 Å². The monoisotopic (exact) mass is 275 g/mol. The van der Waals surface area contributed by atoms with Crippen LogP contribution in [0.5, 0.6) is 0 Å². The SMILES string of the molecule is CCOC(=O)N[C@@H](c1ccccc1)[C@@H]1CCCCC1=O. The second-order valence-electron chi connectivity index (χ2n) is 5.07. The number of nitrogens with one attached hydrogen (secondary N) is 1. The Balaban J connectivity index is 2.19. The number of ketones is 1. The van der Waals surface area contributed by atoms with Crippen molar-refractivity contribution in [2.75, 3.05) is 6.61 Å². The Morgan fingerprint density at radius 2 is 2.10 bits per heavy atom. The van der Waals surface area contributed by atoms with Gasteiger partial charge in [0.25, 0.3) is 0 Å². The van der Waals surface area contributed by atoms with Crippen LogP contribution in [0.3, 0.4) is 0 Å². The van der Waals surface area contributed by atoms with Crippen LogP contribution in [0.25, 0.3) is 0 Å². The molecular weight excluding hydrogens is 254 g/mol. The third-order valence-corrected chi connectivity index (χ3v) is 3.71. The molecule has 0 bridgehead atoms. The number of amides is 1. The first-order valence-electron chi connectivity index (χ1n) is 7.23. The molecule has 4 heteroatoms. The van der Waals surface area contributed by atoms with Crippen LogP contribution in [0.15, 0.2) is 30.3 Å². The summed E-state index contributed by atoms with van der Waals surface area (Å²) >= 11 is 0. The summed E-state index contributed by atoms with van der Waals surface area (Å²) in [5.41, 5.74) is 0.959. The van der Waals surface area contributed by atoms with Gasteiger partial charge >= 0.3 is 6.09 Å². The van der Waals surface area contributed by atoms with Crippen LogP contribution in [0.4, 0.5) is 4.79 Å². The molecule has 1 aliphatic rings. The van der Waals surface area contributed by atoms with E-state index in [1.165, 1.54) is 0 Å². The molecule has 0 heterocycles. The fraction of sp³-hybridized carbons (Fsp3) is 0.500. The van der Waals surface area contributed by atoms with E-state index in [0.29, 0.717) is 13.0 Å². The number of carbonyl (C=O) groups is 2. The number of hydrogen-bond acceptors (Lipinski definition) is 3. The van der Waals surface area contributed by atoms with E-state index in [2.05, 4.69) is 5.32 Å². The van der Waals surface area contributed by atoms with Crippen LogP contribution in [0.2, 0.25) is 0 Å². The van der Waals surface area contributed by atoms with Gasteiger partial charge in [-0.3, -0.25) is 4.79 Å². The molecule has 1 aromatic rings. The van der Waals surface area contributed by atoms with E-state index < -0.39 is 6.09 Å². The average molecular weight is 275 g/mol. The van der Waals surface area contributed by atoms with Gasteiger partial charge in [-0.05, 0) is 25.3 Å². The first-order valence-corrected chi connectivity index (χ1v) is 7.23. The molecule has 0 radical (unpaired) electrons. The number of carbonyl (C=O) groups excluding carboxylic acids is 2. The largest absolute Gasteiger partial charge is 0.450 e. The molecule has 1 fully saturated rings. The Morgan fingerprint density at radius 3 is 2.75 bits per heavy atom. The van der Waals surface area contributed by atoms with Gasteiger partial charge in [-0.2, -0.15) is 0 Å². The second-order valence-corrected chi connectivity index (χ2v) is 5.07. The second kappa shape index (κ2) is 7.08. The Hall–Kier alpha value is -1.84. The first-order chi connectivity index (χ1) is 9.72.